The molecule has 4 rings (SSSR count). The number of nitrogens with zero attached hydrogens (tertiary/aromatic N) is 1. The van der Waals surface area contributed by atoms with Gasteiger partial charge in [-0.3, -0.25) is 0 Å². The van der Waals surface area contributed by atoms with Gasteiger partial charge in [-0.25, -0.2) is 13.6 Å². The molecule has 2 amide bonds. The molecule has 0 radical (unpaired) electrons. The highest BCUT2D eigenvalue weighted by atomic mass is 35.5. The molecule has 2 fully saturated rings. The molecule has 1 unspecified atom stereocenters. The first-order chi connectivity index (χ1) is 13.0. The molecule has 2 aromatic carbocycles. The van der Waals surface area contributed by atoms with Crippen molar-refractivity contribution in [3.63, 3.8) is 0 Å². The van der Waals surface area contributed by atoms with Crippen LogP contribution >= 0.6 is 11.6 Å². The first-order valence-electron chi connectivity index (χ1n) is 8.97. The lowest BCUT2D eigenvalue weighted by atomic mass is 9.63. The predicted octanol–water partition coefficient (Wildman–Crippen LogP) is 4.58. The number of hydrogen-bond donors (Lipinski definition) is 2. The third-order valence-electron chi connectivity index (χ3n) is 5.59. The Kier molecular flexibility index (Phi) is 4.78. The number of rotatable bonds is 2. The minimum Gasteiger partial charge on any atom is -0.317 e. The molecular weight excluding hydrogens is 372 g/mol. The van der Waals surface area contributed by atoms with Gasteiger partial charge in [0.2, 0.25) is 0 Å². The molecule has 2 N–H and O–H groups in total. The van der Waals surface area contributed by atoms with Crippen LogP contribution in [0.25, 0.3) is 0 Å². The van der Waals surface area contributed by atoms with Gasteiger partial charge >= 0.3 is 6.03 Å². The highest BCUT2D eigenvalue weighted by Crippen LogP contribution is 2.54. The summed E-state index contributed by atoms with van der Waals surface area (Å²) in [6, 6.07) is 10.5. The van der Waals surface area contributed by atoms with E-state index in [9.17, 15) is 13.6 Å². The first-order valence-corrected chi connectivity index (χ1v) is 9.35. The van der Waals surface area contributed by atoms with Crippen LogP contribution in [0.5, 0.6) is 0 Å². The quantitative estimate of drug-likeness (QED) is 0.787. The van der Waals surface area contributed by atoms with Crippen LogP contribution in [0.1, 0.15) is 24.4 Å². The second-order valence-electron chi connectivity index (χ2n) is 7.25. The Morgan fingerprint density at radius 1 is 1.11 bits per heavy atom. The van der Waals surface area contributed by atoms with Crippen LogP contribution in [-0.4, -0.2) is 30.6 Å². The Morgan fingerprint density at radius 3 is 2.48 bits per heavy atom. The Hall–Kier alpha value is -2.18. The van der Waals surface area contributed by atoms with E-state index in [1.807, 2.05) is 24.3 Å². The standard InChI is InChI=1S/C20H20ClF2N3O/c21-14-3-1-13(2-4-14)18-20(7-9-24-10-8-20)12-26(18)19(27)25-15-5-6-16(22)17(23)11-15/h1-6,11,18,24H,7-10,12H2,(H,25,27). The fourth-order valence-electron chi connectivity index (χ4n) is 4.23. The molecule has 2 saturated heterocycles. The van der Waals surface area contributed by atoms with Crippen molar-refractivity contribution in [3.8, 4) is 0 Å². The summed E-state index contributed by atoms with van der Waals surface area (Å²) >= 11 is 6.02. The van der Waals surface area contributed by atoms with Crippen molar-refractivity contribution >= 4 is 23.3 Å². The third kappa shape index (κ3) is 3.39. The van der Waals surface area contributed by atoms with Crippen LogP contribution in [0.2, 0.25) is 5.02 Å². The second-order valence-corrected chi connectivity index (χ2v) is 7.69. The van der Waals surface area contributed by atoms with Gasteiger partial charge in [0, 0.05) is 28.7 Å². The molecule has 2 aromatic rings. The zero-order valence-corrected chi connectivity index (χ0v) is 15.4. The maximum atomic E-state index is 13.4. The molecular formula is C20H20ClF2N3O. The van der Waals surface area contributed by atoms with Crippen LogP contribution in [0.15, 0.2) is 42.5 Å². The van der Waals surface area contributed by atoms with Gasteiger partial charge in [-0.15, -0.1) is 0 Å². The van der Waals surface area contributed by atoms with Crippen molar-refractivity contribution in [2.45, 2.75) is 18.9 Å². The van der Waals surface area contributed by atoms with Gasteiger partial charge in [0.1, 0.15) is 0 Å². The maximum Gasteiger partial charge on any atom is 0.322 e. The number of benzene rings is 2. The van der Waals surface area contributed by atoms with Crippen molar-refractivity contribution in [1.29, 1.82) is 0 Å². The van der Waals surface area contributed by atoms with Crippen molar-refractivity contribution < 1.29 is 13.6 Å². The minimum atomic E-state index is -0.986. The van der Waals surface area contributed by atoms with E-state index in [1.165, 1.54) is 6.07 Å². The van der Waals surface area contributed by atoms with Crippen LogP contribution in [0, 0.1) is 17.0 Å². The average Bonchev–Trinajstić information content (AvgIpc) is 2.65. The molecule has 142 valence electrons. The van der Waals surface area contributed by atoms with Crippen molar-refractivity contribution in [2.75, 3.05) is 25.0 Å². The third-order valence-corrected chi connectivity index (χ3v) is 5.85. The Morgan fingerprint density at radius 2 is 1.81 bits per heavy atom. The molecule has 1 spiro atoms. The largest absolute Gasteiger partial charge is 0.322 e. The summed E-state index contributed by atoms with van der Waals surface area (Å²) < 4.78 is 26.5. The number of anilines is 1. The molecule has 2 aliphatic heterocycles. The fourth-order valence-corrected chi connectivity index (χ4v) is 4.35. The summed E-state index contributed by atoms with van der Waals surface area (Å²) in [6.45, 7) is 2.48. The number of piperidine rings is 1. The lowest BCUT2D eigenvalue weighted by molar-refractivity contribution is -0.0614. The van der Waals surface area contributed by atoms with Crippen molar-refractivity contribution in [2.24, 2.45) is 5.41 Å². The molecule has 7 heteroatoms. The van der Waals surface area contributed by atoms with E-state index in [1.54, 1.807) is 4.90 Å². The molecule has 0 bridgehead atoms. The van der Waals surface area contributed by atoms with Crippen LogP contribution in [-0.2, 0) is 0 Å². The zero-order valence-electron chi connectivity index (χ0n) is 14.6. The summed E-state index contributed by atoms with van der Waals surface area (Å²) in [5.74, 6) is -1.93. The van der Waals surface area contributed by atoms with Gasteiger partial charge in [0.15, 0.2) is 11.6 Å². The maximum absolute atomic E-state index is 13.4. The van der Waals surface area contributed by atoms with Gasteiger partial charge < -0.3 is 15.5 Å². The van der Waals surface area contributed by atoms with E-state index in [2.05, 4.69) is 10.6 Å². The molecule has 1 atom stereocenters. The zero-order chi connectivity index (χ0) is 19.0. The van der Waals surface area contributed by atoms with Gasteiger partial charge in [-0.1, -0.05) is 23.7 Å². The lowest BCUT2D eigenvalue weighted by Crippen LogP contribution is -2.64. The summed E-state index contributed by atoms with van der Waals surface area (Å²) in [6.07, 6.45) is 1.96. The first kappa shape index (κ1) is 18.2. The molecule has 0 aliphatic carbocycles. The van der Waals surface area contributed by atoms with E-state index >= 15 is 0 Å². The topological polar surface area (TPSA) is 44.4 Å². The summed E-state index contributed by atoms with van der Waals surface area (Å²) in [5.41, 5.74) is 1.30. The van der Waals surface area contributed by atoms with Crippen molar-refractivity contribution in [1.82, 2.24) is 10.2 Å². The number of carbonyl (C=O) groups excluding carboxylic acids is 1. The van der Waals surface area contributed by atoms with E-state index in [4.69, 9.17) is 11.6 Å². The molecule has 0 aromatic heterocycles. The number of nitrogens with one attached hydrogen (secondary N) is 2. The number of hydrogen-bond acceptors (Lipinski definition) is 2. The van der Waals surface area contributed by atoms with Crippen LogP contribution < -0.4 is 10.6 Å². The van der Waals surface area contributed by atoms with E-state index < -0.39 is 11.6 Å². The number of halogens is 3. The van der Waals surface area contributed by atoms with Crippen molar-refractivity contribution in [3.05, 3.63) is 64.7 Å². The van der Waals surface area contributed by atoms with Crippen LogP contribution in [0.3, 0.4) is 0 Å². The molecule has 2 aliphatic rings. The van der Waals surface area contributed by atoms with E-state index in [0.717, 1.165) is 43.6 Å². The molecule has 0 saturated carbocycles. The minimum absolute atomic E-state index is 0.0322. The highest BCUT2D eigenvalue weighted by molar-refractivity contribution is 6.30. The second kappa shape index (κ2) is 7.09. The SMILES string of the molecule is O=C(Nc1ccc(F)c(F)c1)N1CC2(CCNCC2)C1c1ccc(Cl)cc1. The monoisotopic (exact) mass is 391 g/mol. The van der Waals surface area contributed by atoms with Crippen LogP contribution in [0.4, 0.5) is 19.3 Å². The van der Waals surface area contributed by atoms with E-state index in [0.29, 0.717) is 11.6 Å². The van der Waals surface area contributed by atoms with Gasteiger partial charge in [-0.2, -0.15) is 0 Å². The molecule has 2 heterocycles. The van der Waals surface area contributed by atoms with Gasteiger partial charge in [0.25, 0.3) is 0 Å². The number of urea groups is 1. The predicted molar refractivity (Wildman–Crippen MR) is 101 cm³/mol. The van der Waals surface area contributed by atoms with Gasteiger partial charge in [-0.05, 0) is 55.8 Å². The highest BCUT2D eigenvalue weighted by Gasteiger charge is 2.55. The number of likely N-dealkylation sites (tertiary alicyclic amines) is 1. The van der Waals surface area contributed by atoms with E-state index in [-0.39, 0.29) is 23.2 Å². The number of amides is 2. The summed E-state index contributed by atoms with van der Waals surface area (Å²) in [7, 11) is 0. The molecule has 27 heavy (non-hydrogen) atoms. The lowest BCUT2D eigenvalue weighted by Gasteiger charge is -2.59. The fraction of sp³-hybridized carbons (Fsp3) is 0.350. The Balaban J connectivity index is 1.58. The number of carbonyl (C=O) groups is 1. The molecule has 4 nitrogen and oxygen atoms in total. The Bertz CT molecular complexity index is 853. The summed E-state index contributed by atoms with van der Waals surface area (Å²) in [4.78, 5) is 14.6. The van der Waals surface area contributed by atoms with Gasteiger partial charge in [0.05, 0.1) is 6.04 Å². The average molecular weight is 392 g/mol. The smallest absolute Gasteiger partial charge is 0.317 e. The summed E-state index contributed by atoms with van der Waals surface area (Å²) in [5, 5.41) is 6.70. The normalized spacial score (nSPS) is 21.0. The Labute approximate surface area is 161 Å².